The van der Waals surface area contributed by atoms with Crippen molar-refractivity contribution in [3.63, 3.8) is 0 Å². The van der Waals surface area contributed by atoms with E-state index in [4.69, 9.17) is 16.3 Å². The summed E-state index contributed by atoms with van der Waals surface area (Å²) in [5.74, 6) is 0. The lowest BCUT2D eigenvalue weighted by Crippen LogP contribution is -2.29. The normalized spacial score (nSPS) is 19.4. The van der Waals surface area contributed by atoms with E-state index in [9.17, 15) is 5.26 Å². The molecule has 0 amide bonds. The van der Waals surface area contributed by atoms with Gasteiger partial charge in [-0.2, -0.15) is 5.26 Å². The topological polar surface area (TPSA) is 70.8 Å². The standard InChI is InChI=1S/C16H15ClN4O/c1-16(9-22-2)8-20-14-11(7-18)5-10(6-12(14)16)13-3-4-19-15(17)21-13/h3-6,20H,8-9H2,1-2H3/t16-/m1/s1. The zero-order chi connectivity index (χ0) is 15.7. The molecule has 6 heteroatoms. The fraction of sp³-hybridized carbons (Fsp3) is 0.312. The maximum atomic E-state index is 9.45. The Morgan fingerprint density at radius 2 is 2.32 bits per heavy atom. The molecule has 1 aromatic carbocycles. The van der Waals surface area contributed by atoms with Gasteiger partial charge in [0.25, 0.3) is 0 Å². The van der Waals surface area contributed by atoms with E-state index < -0.39 is 0 Å². The summed E-state index contributed by atoms with van der Waals surface area (Å²) in [6, 6.07) is 7.91. The maximum Gasteiger partial charge on any atom is 0.222 e. The summed E-state index contributed by atoms with van der Waals surface area (Å²) >= 11 is 5.87. The molecule has 22 heavy (non-hydrogen) atoms. The molecule has 0 radical (unpaired) electrons. The van der Waals surface area contributed by atoms with Gasteiger partial charge in [0.05, 0.1) is 23.6 Å². The number of halogens is 1. The molecule has 5 nitrogen and oxygen atoms in total. The molecular formula is C16H15ClN4O. The molecule has 2 heterocycles. The minimum absolute atomic E-state index is 0.178. The van der Waals surface area contributed by atoms with Crippen LogP contribution in [0.2, 0.25) is 5.28 Å². The maximum absolute atomic E-state index is 9.45. The Labute approximate surface area is 133 Å². The minimum Gasteiger partial charge on any atom is -0.384 e. The highest BCUT2D eigenvalue weighted by Gasteiger charge is 2.36. The van der Waals surface area contributed by atoms with Crippen molar-refractivity contribution in [2.75, 3.05) is 25.6 Å². The number of aromatic nitrogens is 2. The zero-order valence-corrected chi connectivity index (χ0v) is 13.1. The van der Waals surface area contributed by atoms with Gasteiger partial charge in [-0.1, -0.05) is 6.92 Å². The van der Waals surface area contributed by atoms with Crippen molar-refractivity contribution >= 4 is 17.3 Å². The van der Waals surface area contributed by atoms with Crippen LogP contribution < -0.4 is 5.32 Å². The van der Waals surface area contributed by atoms with E-state index in [1.165, 1.54) is 0 Å². The fourth-order valence-electron chi connectivity index (χ4n) is 2.87. The summed E-state index contributed by atoms with van der Waals surface area (Å²) in [4.78, 5) is 8.13. The molecule has 0 spiro atoms. The first-order chi connectivity index (χ1) is 10.6. The molecule has 2 aromatic rings. The average molecular weight is 315 g/mol. The monoisotopic (exact) mass is 314 g/mol. The summed E-state index contributed by atoms with van der Waals surface area (Å²) in [5, 5.41) is 13.0. The Kier molecular flexibility index (Phi) is 3.73. The number of nitrogens with zero attached hydrogens (tertiary/aromatic N) is 3. The van der Waals surface area contributed by atoms with E-state index in [1.54, 1.807) is 19.4 Å². The van der Waals surface area contributed by atoms with Gasteiger partial charge in [0.2, 0.25) is 5.28 Å². The van der Waals surface area contributed by atoms with E-state index in [0.29, 0.717) is 17.9 Å². The molecule has 3 rings (SSSR count). The second kappa shape index (κ2) is 5.56. The van der Waals surface area contributed by atoms with Crippen LogP contribution in [0.3, 0.4) is 0 Å². The average Bonchev–Trinajstić information content (AvgIpc) is 2.84. The van der Waals surface area contributed by atoms with Crippen LogP contribution in [0.4, 0.5) is 5.69 Å². The predicted octanol–water partition coefficient (Wildman–Crippen LogP) is 3.00. The number of nitriles is 1. The van der Waals surface area contributed by atoms with Gasteiger partial charge in [-0.05, 0) is 35.4 Å². The van der Waals surface area contributed by atoms with Gasteiger partial charge in [0, 0.05) is 30.8 Å². The SMILES string of the molecule is COC[C@@]1(C)CNc2c(C#N)cc(-c3ccnc(Cl)n3)cc21. The van der Waals surface area contributed by atoms with Gasteiger partial charge in [0.1, 0.15) is 6.07 Å². The lowest BCUT2D eigenvalue weighted by molar-refractivity contribution is 0.147. The van der Waals surface area contributed by atoms with Crippen molar-refractivity contribution in [1.29, 1.82) is 5.26 Å². The molecule has 0 saturated heterocycles. The Balaban J connectivity index is 2.18. The van der Waals surface area contributed by atoms with Crippen LogP contribution in [0, 0.1) is 11.3 Å². The first-order valence-corrected chi connectivity index (χ1v) is 7.25. The van der Waals surface area contributed by atoms with Crippen molar-refractivity contribution in [1.82, 2.24) is 9.97 Å². The second-order valence-electron chi connectivity index (χ2n) is 5.62. The zero-order valence-electron chi connectivity index (χ0n) is 12.4. The lowest BCUT2D eigenvalue weighted by atomic mass is 9.83. The number of rotatable bonds is 3. The van der Waals surface area contributed by atoms with Crippen LogP contribution >= 0.6 is 11.6 Å². The highest BCUT2D eigenvalue weighted by atomic mass is 35.5. The van der Waals surface area contributed by atoms with Gasteiger partial charge in [0.15, 0.2) is 0 Å². The van der Waals surface area contributed by atoms with E-state index in [0.717, 1.165) is 23.4 Å². The third-order valence-corrected chi connectivity index (χ3v) is 4.13. The van der Waals surface area contributed by atoms with Gasteiger partial charge >= 0.3 is 0 Å². The number of hydrogen-bond donors (Lipinski definition) is 1. The molecule has 112 valence electrons. The van der Waals surface area contributed by atoms with E-state index in [1.807, 2.05) is 12.1 Å². The van der Waals surface area contributed by atoms with Gasteiger partial charge in [-0.3, -0.25) is 0 Å². The van der Waals surface area contributed by atoms with Crippen molar-refractivity contribution in [2.24, 2.45) is 0 Å². The fourth-order valence-corrected chi connectivity index (χ4v) is 3.01. The molecule has 0 fully saturated rings. The van der Waals surface area contributed by atoms with Crippen LogP contribution in [-0.4, -0.2) is 30.2 Å². The molecule has 1 aliphatic heterocycles. The summed E-state index contributed by atoms with van der Waals surface area (Å²) in [7, 11) is 1.68. The quantitative estimate of drug-likeness (QED) is 0.882. The highest BCUT2D eigenvalue weighted by Crippen LogP contribution is 2.41. The van der Waals surface area contributed by atoms with E-state index in [-0.39, 0.29) is 10.7 Å². The highest BCUT2D eigenvalue weighted by molar-refractivity contribution is 6.28. The Morgan fingerprint density at radius 1 is 1.50 bits per heavy atom. The molecule has 1 N–H and O–H groups in total. The number of benzene rings is 1. The number of hydrogen-bond acceptors (Lipinski definition) is 5. The molecule has 0 saturated carbocycles. The van der Waals surface area contributed by atoms with E-state index in [2.05, 4.69) is 28.3 Å². The summed E-state index contributed by atoms with van der Waals surface area (Å²) in [6.45, 7) is 3.43. The molecule has 1 atom stereocenters. The van der Waals surface area contributed by atoms with Crippen LogP contribution in [0.15, 0.2) is 24.4 Å². The second-order valence-corrected chi connectivity index (χ2v) is 5.95. The Morgan fingerprint density at radius 3 is 3.00 bits per heavy atom. The number of fused-ring (bicyclic) bond motifs is 1. The van der Waals surface area contributed by atoms with Gasteiger partial charge < -0.3 is 10.1 Å². The van der Waals surface area contributed by atoms with Crippen molar-refractivity contribution in [2.45, 2.75) is 12.3 Å². The van der Waals surface area contributed by atoms with Gasteiger partial charge in [-0.15, -0.1) is 0 Å². The molecule has 1 aliphatic rings. The van der Waals surface area contributed by atoms with Crippen LogP contribution in [0.25, 0.3) is 11.3 Å². The van der Waals surface area contributed by atoms with Crippen LogP contribution in [-0.2, 0) is 10.2 Å². The largest absolute Gasteiger partial charge is 0.384 e. The van der Waals surface area contributed by atoms with Gasteiger partial charge in [-0.25, -0.2) is 9.97 Å². The summed E-state index contributed by atoms with van der Waals surface area (Å²) < 4.78 is 5.35. The van der Waals surface area contributed by atoms with E-state index >= 15 is 0 Å². The minimum atomic E-state index is -0.178. The molecule has 0 unspecified atom stereocenters. The smallest absolute Gasteiger partial charge is 0.222 e. The number of methoxy groups -OCH3 is 1. The molecule has 1 aromatic heterocycles. The summed E-state index contributed by atoms with van der Waals surface area (Å²) in [5.41, 5.74) is 3.92. The molecular weight excluding hydrogens is 300 g/mol. The first-order valence-electron chi connectivity index (χ1n) is 6.88. The van der Waals surface area contributed by atoms with Crippen LogP contribution in [0.5, 0.6) is 0 Å². The first kappa shape index (κ1) is 14.8. The van der Waals surface area contributed by atoms with Crippen LogP contribution in [0.1, 0.15) is 18.1 Å². The predicted molar refractivity (Wildman–Crippen MR) is 84.9 cm³/mol. The Hall–Kier alpha value is -2.16. The van der Waals surface area contributed by atoms with Crippen molar-refractivity contribution in [3.8, 4) is 17.3 Å². The third-order valence-electron chi connectivity index (χ3n) is 3.95. The Bertz CT molecular complexity index is 771. The molecule has 0 aliphatic carbocycles. The number of anilines is 1. The van der Waals surface area contributed by atoms with Crippen molar-refractivity contribution < 1.29 is 4.74 Å². The van der Waals surface area contributed by atoms with Crippen molar-refractivity contribution in [3.05, 3.63) is 40.8 Å². The lowest BCUT2D eigenvalue weighted by Gasteiger charge is -2.23. The number of ether oxygens (including phenoxy) is 1. The third kappa shape index (κ3) is 2.41. The number of nitrogens with one attached hydrogen (secondary N) is 1. The molecule has 0 bridgehead atoms. The summed E-state index contributed by atoms with van der Waals surface area (Å²) in [6.07, 6.45) is 1.61.